The lowest BCUT2D eigenvalue weighted by Gasteiger charge is -2.33. The van der Waals surface area contributed by atoms with Crippen LogP contribution in [0.5, 0.6) is 0 Å². The number of halogens is 4. The van der Waals surface area contributed by atoms with Crippen molar-refractivity contribution in [2.45, 2.75) is 25.6 Å². The maximum absolute atomic E-state index is 13.2. The quantitative estimate of drug-likeness (QED) is 0.624. The van der Waals surface area contributed by atoms with Crippen LogP contribution >= 0.6 is 27.3 Å². The fourth-order valence-corrected chi connectivity index (χ4v) is 4.12. The minimum Gasteiger partial charge on any atom is -0.461 e. The molecule has 0 N–H and O–H groups in total. The molecule has 3 heterocycles. The monoisotopic (exact) mass is 448 g/mol. The van der Waals surface area contributed by atoms with E-state index in [1.807, 2.05) is 11.4 Å². The molecule has 26 heavy (non-hydrogen) atoms. The lowest BCUT2D eigenvalue weighted by Crippen LogP contribution is -2.40. The number of hydrogen-bond donors (Lipinski definition) is 0. The number of piperidine rings is 1. The summed E-state index contributed by atoms with van der Waals surface area (Å²) in [6, 6.07) is 4.15. The molecule has 0 aliphatic carbocycles. The van der Waals surface area contributed by atoms with Gasteiger partial charge in [-0.1, -0.05) is 0 Å². The third-order valence-corrected chi connectivity index (χ3v) is 5.70. The van der Waals surface area contributed by atoms with Crippen molar-refractivity contribution in [3.63, 3.8) is 0 Å². The molecule has 4 nitrogen and oxygen atoms in total. The normalized spacial score (nSPS) is 18.0. The molecular weight excluding hydrogens is 433 g/mol. The van der Waals surface area contributed by atoms with Crippen LogP contribution in [-0.2, 0) is 22.3 Å². The van der Waals surface area contributed by atoms with E-state index in [2.05, 4.69) is 20.9 Å². The predicted molar refractivity (Wildman–Crippen MR) is 96.0 cm³/mol. The van der Waals surface area contributed by atoms with Gasteiger partial charge in [-0.3, -0.25) is 4.79 Å². The Balaban J connectivity index is 1.67. The van der Waals surface area contributed by atoms with Gasteiger partial charge in [0.1, 0.15) is 12.4 Å². The number of carbonyl (C=O) groups is 1. The Morgan fingerprint density at radius 2 is 2.27 bits per heavy atom. The highest BCUT2D eigenvalue weighted by Gasteiger charge is 2.37. The van der Waals surface area contributed by atoms with Gasteiger partial charge in [0, 0.05) is 24.8 Å². The van der Waals surface area contributed by atoms with E-state index < -0.39 is 17.7 Å². The Morgan fingerprint density at radius 1 is 1.46 bits per heavy atom. The zero-order valence-electron chi connectivity index (χ0n) is 13.6. The van der Waals surface area contributed by atoms with Crippen LogP contribution in [0.4, 0.5) is 19.0 Å². The van der Waals surface area contributed by atoms with Gasteiger partial charge in [0.25, 0.3) is 0 Å². The first-order valence-corrected chi connectivity index (χ1v) is 9.68. The summed E-state index contributed by atoms with van der Waals surface area (Å²) in [4.78, 5) is 17.8. The van der Waals surface area contributed by atoms with E-state index in [4.69, 9.17) is 4.74 Å². The van der Waals surface area contributed by atoms with Crippen LogP contribution in [0.1, 0.15) is 24.0 Å². The van der Waals surface area contributed by atoms with Crippen LogP contribution in [0.2, 0.25) is 0 Å². The third-order valence-electron chi connectivity index (χ3n) is 4.15. The molecule has 0 spiro atoms. The molecule has 2 aromatic rings. The summed E-state index contributed by atoms with van der Waals surface area (Å²) >= 11 is 4.84. The highest BCUT2D eigenvalue weighted by molar-refractivity contribution is 9.11. The number of aromatic nitrogens is 1. The van der Waals surface area contributed by atoms with Crippen molar-refractivity contribution in [3.05, 3.63) is 44.7 Å². The van der Waals surface area contributed by atoms with Crippen LogP contribution in [0.25, 0.3) is 0 Å². The minimum absolute atomic E-state index is 0.126. The number of anilines is 1. The summed E-state index contributed by atoms with van der Waals surface area (Å²) in [5.74, 6) is -0.977. The molecular formula is C17H16BrF3N2O2S. The van der Waals surface area contributed by atoms with Crippen molar-refractivity contribution >= 4 is 39.1 Å². The summed E-state index contributed by atoms with van der Waals surface area (Å²) in [6.07, 6.45) is -1.95. The molecule has 0 radical (unpaired) electrons. The van der Waals surface area contributed by atoms with Crippen LogP contribution in [0, 0.1) is 5.92 Å². The van der Waals surface area contributed by atoms with Crippen molar-refractivity contribution in [2.75, 3.05) is 18.0 Å². The number of esters is 1. The van der Waals surface area contributed by atoms with Gasteiger partial charge in [0.2, 0.25) is 0 Å². The Labute approximate surface area is 161 Å². The molecule has 1 fully saturated rings. The molecule has 1 aliphatic heterocycles. The van der Waals surface area contributed by atoms with Gasteiger partial charge >= 0.3 is 12.1 Å². The fourth-order valence-electron chi connectivity index (χ4n) is 2.93. The maximum Gasteiger partial charge on any atom is 0.419 e. The third kappa shape index (κ3) is 4.56. The Kier molecular flexibility index (Phi) is 5.86. The smallest absolute Gasteiger partial charge is 0.419 e. The molecule has 1 atom stereocenters. The van der Waals surface area contributed by atoms with Crippen molar-refractivity contribution in [2.24, 2.45) is 5.92 Å². The highest BCUT2D eigenvalue weighted by atomic mass is 79.9. The Bertz CT molecular complexity index is 781. The zero-order valence-corrected chi connectivity index (χ0v) is 16.0. The highest BCUT2D eigenvalue weighted by Crippen LogP contribution is 2.36. The first kappa shape index (κ1) is 19.2. The Hall–Kier alpha value is -1.61. The van der Waals surface area contributed by atoms with Gasteiger partial charge in [-0.25, -0.2) is 4.98 Å². The molecule has 2 aromatic heterocycles. The number of alkyl halides is 3. The molecule has 3 rings (SSSR count). The fraction of sp³-hybridized carbons (Fsp3) is 0.412. The van der Waals surface area contributed by atoms with Gasteiger partial charge in [0.15, 0.2) is 0 Å². The van der Waals surface area contributed by atoms with E-state index in [0.29, 0.717) is 19.4 Å². The lowest BCUT2D eigenvalue weighted by molar-refractivity contribution is -0.150. The summed E-state index contributed by atoms with van der Waals surface area (Å²) < 4.78 is 45.9. The van der Waals surface area contributed by atoms with E-state index in [1.54, 1.807) is 0 Å². The van der Waals surface area contributed by atoms with Crippen LogP contribution in [0.3, 0.4) is 0 Å². The van der Waals surface area contributed by atoms with Gasteiger partial charge in [0.05, 0.1) is 15.3 Å². The number of carbonyl (C=O) groups excluding carboxylic acids is 1. The molecule has 9 heteroatoms. The summed E-state index contributed by atoms with van der Waals surface area (Å²) in [7, 11) is 0. The molecule has 1 saturated heterocycles. The first-order chi connectivity index (χ1) is 12.3. The Morgan fingerprint density at radius 3 is 2.96 bits per heavy atom. The number of hydrogen-bond acceptors (Lipinski definition) is 5. The molecule has 140 valence electrons. The molecule has 0 amide bonds. The van der Waals surface area contributed by atoms with E-state index in [9.17, 15) is 18.0 Å². The van der Waals surface area contributed by atoms with Gasteiger partial charge in [-0.15, -0.1) is 11.3 Å². The van der Waals surface area contributed by atoms with Gasteiger partial charge in [-0.2, -0.15) is 13.2 Å². The maximum atomic E-state index is 13.2. The first-order valence-electron chi connectivity index (χ1n) is 8.01. The number of thiophene rings is 1. The van der Waals surface area contributed by atoms with E-state index in [-0.39, 0.29) is 24.9 Å². The second-order valence-electron chi connectivity index (χ2n) is 6.02. The van der Waals surface area contributed by atoms with Gasteiger partial charge < -0.3 is 9.64 Å². The van der Waals surface area contributed by atoms with Gasteiger partial charge in [-0.05, 0) is 52.4 Å². The summed E-state index contributed by atoms with van der Waals surface area (Å²) in [5.41, 5.74) is 0.101. The predicted octanol–water partition coefficient (Wildman–Crippen LogP) is 4.88. The van der Waals surface area contributed by atoms with Crippen molar-refractivity contribution in [3.8, 4) is 0 Å². The lowest BCUT2D eigenvalue weighted by atomic mass is 9.97. The topological polar surface area (TPSA) is 42.4 Å². The number of pyridine rings is 1. The number of ether oxygens (including phenoxy) is 1. The van der Waals surface area contributed by atoms with Crippen molar-refractivity contribution < 1.29 is 22.7 Å². The van der Waals surface area contributed by atoms with Crippen LogP contribution < -0.4 is 4.90 Å². The molecule has 0 unspecified atom stereocenters. The van der Waals surface area contributed by atoms with E-state index >= 15 is 0 Å². The van der Waals surface area contributed by atoms with E-state index in [0.717, 1.165) is 15.4 Å². The minimum atomic E-state index is -4.48. The van der Waals surface area contributed by atoms with Crippen molar-refractivity contribution in [1.82, 2.24) is 4.98 Å². The molecule has 0 aromatic carbocycles. The second kappa shape index (κ2) is 7.96. The average Bonchev–Trinajstić information content (AvgIpc) is 3.04. The van der Waals surface area contributed by atoms with Crippen LogP contribution in [-0.4, -0.2) is 24.0 Å². The van der Waals surface area contributed by atoms with Crippen LogP contribution in [0.15, 0.2) is 33.6 Å². The molecule has 0 bridgehead atoms. The summed E-state index contributed by atoms with van der Waals surface area (Å²) in [5, 5.41) is 1.88. The van der Waals surface area contributed by atoms with Crippen molar-refractivity contribution in [1.29, 1.82) is 0 Å². The molecule has 1 aliphatic rings. The largest absolute Gasteiger partial charge is 0.461 e. The number of rotatable bonds is 4. The average molecular weight is 449 g/mol. The second-order valence-corrected chi connectivity index (χ2v) is 8.31. The SMILES string of the molecule is O=C(OCc1csc(Br)c1)[C@@H]1CCCN(c2ncccc2C(F)(F)F)C1. The number of nitrogens with zero attached hydrogens (tertiary/aromatic N) is 2. The summed E-state index contributed by atoms with van der Waals surface area (Å²) in [6.45, 7) is 0.766. The molecule has 0 saturated carbocycles. The standard InChI is InChI=1S/C17H16BrF3N2O2S/c18-14-7-11(10-26-14)9-25-16(24)12-3-2-6-23(8-12)15-13(17(19,20)21)4-1-5-22-15/h1,4-5,7,10,12H,2-3,6,8-9H2/t12-/m1/s1. The zero-order chi connectivity index (χ0) is 18.7. The van der Waals surface area contributed by atoms with E-state index in [1.165, 1.54) is 28.5 Å².